The average molecular weight is 267 g/mol. The van der Waals surface area contributed by atoms with Crippen molar-refractivity contribution in [2.45, 2.75) is 32.9 Å². The van der Waals surface area contributed by atoms with Crippen LogP contribution in [0.15, 0.2) is 18.2 Å². The highest BCUT2D eigenvalue weighted by atomic mass is 16.5. The quantitative estimate of drug-likeness (QED) is 0.796. The van der Waals surface area contributed by atoms with E-state index < -0.39 is 0 Å². The number of hydrogen-bond donors (Lipinski definition) is 2. The first-order valence-electron chi connectivity index (χ1n) is 6.62. The van der Waals surface area contributed by atoms with Crippen LogP contribution in [0, 0.1) is 5.92 Å². The van der Waals surface area contributed by atoms with Crippen molar-refractivity contribution in [3.63, 3.8) is 0 Å². The summed E-state index contributed by atoms with van der Waals surface area (Å²) in [7, 11) is 3.32. The Balaban J connectivity index is 2.88. The van der Waals surface area contributed by atoms with Crippen LogP contribution in [0.5, 0.6) is 11.5 Å². The fourth-order valence-electron chi connectivity index (χ4n) is 1.98. The van der Waals surface area contributed by atoms with Crippen LogP contribution in [0.4, 0.5) is 0 Å². The molecule has 4 heteroatoms. The lowest BCUT2D eigenvalue weighted by Crippen LogP contribution is -2.35. The molecule has 108 valence electrons. The fraction of sp³-hybridized carbons (Fsp3) is 0.600. The van der Waals surface area contributed by atoms with Crippen LogP contribution < -0.4 is 14.8 Å². The SMILES string of the molecule is COc1ccc(OC)c([C@H](C)N[C@H](C)[C@H](C)CO)c1. The summed E-state index contributed by atoms with van der Waals surface area (Å²) < 4.78 is 10.6. The first kappa shape index (κ1) is 15.8. The maximum absolute atomic E-state index is 9.19. The minimum absolute atomic E-state index is 0.119. The molecule has 0 unspecified atom stereocenters. The fourth-order valence-corrected chi connectivity index (χ4v) is 1.98. The molecule has 0 saturated heterocycles. The Hall–Kier alpha value is -1.26. The van der Waals surface area contributed by atoms with Crippen LogP contribution in [0.2, 0.25) is 0 Å². The van der Waals surface area contributed by atoms with E-state index in [0.717, 1.165) is 17.1 Å². The van der Waals surface area contributed by atoms with E-state index in [4.69, 9.17) is 9.47 Å². The van der Waals surface area contributed by atoms with Crippen LogP contribution in [-0.2, 0) is 0 Å². The van der Waals surface area contributed by atoms with Gasteiger partial charge in [0.25, 0.3) is 0 Å². The third kappa shape index (κ3) is 4.11. The standard InChI is InChI=1S/C15H25NO3/c1-10(9-17)11(2)16-12(3)14-8-13(18-4)6-7-15(14)19-5/h6-8,10-12,16-17H,9H2,1-5H3/t10-,11-,12+/m1/s1. The molecule has 0 aromatic heterocycles. The highest BCUT2D eigenvalue weighted by Crippen LogP contribution is 2.29. The van der Waals surface area contributed by atoms with Crippen molar-refractivity contribution in [1.29, 1.82) is 0 Å². The zero-order valence-corrected chi connectivity index (χ0v) is 12.4. The van der Waals surface area contributed by atoms with Gasteiger partial charge in [0.2, 0.25) is 0 Å². The summed E-state index contributed by atoms with van der Waals surface area (Å²) >= 11 is 0. The molecule has 2 N–H and O–H groups in total. The third-order valence-corrected chi connectivity index (χ3v) is 3.56. The Labute approximate surface area is 115 Å². The molecule has 1 rings (SSSR count). The van der Waals surface area contributed by atoms with Gasteiger partial charge >= 0.3 is 0 Å². The molecule has 3 atom stereocenters. The highest BCUT2D eigenvalue weighted by molar-refractivity contribution is 5.42. The largest absolute Gasteiger partial charge is 0.497 e. The van der Waals surface area contributed by atoms with Crippen molar-refractivity contribution in [3.05, 3.63) is 23.8 Å². The molecule has 0 aliphatic heterocycles. The van der Waals surface area contributed by atoms with E-state index in [1.54, 1.807) is 14.2 Å². The molecule has 0 heterocycles. The molecule has 19 heavy (non-hydrogen) atoms. The van der Waals surface area contributed by atoms with Crippen LogP contribution in [0.1, 0.15) is 32.4 Å². The molecule has 4 nitrogen and oxygen atoms in total. The molecule has 0 amide bonds. The zero-order valence-electron chi connectivity index (χ0n) is 12.4. The van der Waals surface area contributed by atoms with Crippen LogP contribution >= 0.6 is 0 Å². The monoisotopic (exact) mass is 267 g/mol. The van der Waals surface area contributed by atoms with Crippen molar-refractivity contribution >= 4 is 0 Å². The number of hydrogen-bond acceptors (Lipinski definition) is 4. The van der Waals surface area contributed by atoms with E-state index >= 15 is 0 Å². The molecule has 0 radical (unpaired) electrons. The summed E-state index contributed by atoms with van der Waals surface area (Å²) in [5.74, 6) is 1.86. The Bertz CT molecular complexity index is 395. The molecule has 0 aliphatic carbocycles. The van der Waals surface area contributed by atoms with Crippen molar-refractivity contribution in [2.24, 2.45) is 5.92 Å². The number of aliphatic hydroxyl groups is 1. The van der Waals surface area contributed by atoms with E-state index in [1.165, 1.54) is 0 Å². The van der Waals surface area contributed by atoms with Crippen molar-refractivity contribution in [2.75, 3.05) is 20.8 Å². The number of ether oxygens (including phenoxy) is 2. The van der Waals surface area contributed by atoms with Crippen LogP contribution in [0.3, 0.4) is 0 Å². The van der Waals surface area contributed by atoms with Gasteiger partial charge in [-0.05, 0) is 38.0 Å². The normalized spacial score (nSPS) is 15.7. The summed E-state index contributed by atoms with van der Waals surface area (Å²) in [6.45, 7) is 6.35. The van der Waals surface area contributed by atoms with Gasteiger partial charge in [0.15, 0.2) is 0 Å². The van der Waals surface area contributed by atoms with Gasteiger partial charge in [-0.3, -0.25) is 0 Å². The topological polar surface area (TPSA) is 50.7 Å². The van der Waals surface area contributed by atoms with Gasteiger partial charge in [-0.2, -0.15) is 0 Å². The van der Waals surface area contributed by atoms with Gasteiger partial charge in [-0.15, -0.1) is 0 Å². The minimum Gasteiger partial charge on any atom is -0.497 e. The number of aliphatic hydroxyl groups excluding tert-OH is 1. The zero-order chi connectivity index (χ0) is 14.4. The number of nitrogens with one attached hydrogen (secondary N) is 1. The van der Waals surface area contributed by atoms with E-state index in [9.17, 15) is 5.11 Å². The second-order valence-corrected chi connectivity index (χ2v) is 4.94. The number of benzene rings is 1. The summed E-state index contributed by atoms with van der Waals surface area (Å²) in [6.07, 6.45) is 0. The van der Waals surface area contributed by atoms with Crippen LogP contribution in [-0.4, -0.2) is 32.0 Å². The first-order chi connectivity index (χ1) is 9.03. The first-order valence-corrected chi connectivity index (χ1v) is 6.62. The van der Waals surface area contributed by atoms with Crippen molar-refractivity contribution < 1.29 is 14.6 Å². The highest BCUT2D eigenvalue weighted by Gasteiger charge is 2.18. The lowest BCUT2D eigenvalue weighted by Gasteiger charge is -2.25. The second kappa shape index (κ2) is 7.36. The Morgan fingerprint density at radius 1 is 1.16 bits per heavy atom. The summed E-state index contributed by atoms with van der Waals surface area (Å²) in [5.41, 5.74) is 1.05. The van der Waals surface area contributed by atoms with Crippen LogP contribution in [0.25, 0.3) is 0 Å². The van der Waals surface area contributed by atoms with Crippen molar-refractivity contribution in [3.8, 4) is 11.5 Å². The molecular formula is C15H25NO3. The average Bonchev–Trinajstić information content (AvgIpc) is 2.45. The van der Waals surface area contributed by atoms with Gasteiger partial charge in [-0.1, -0.05) is 6.92 Å². The van der Waals surface area contributed by atoms with Gasteiger partial charge in [0.05, 0.1) is 14.2 Å². The summed E-state index contributed by atoms with van der Waals surface area (Å²) in [5, 5.41) is 12.7. The van der Waals surface area contributed by atoms with E-state index in [0.29, 0.717) is 0 Å². The number of rotatable bonds is 7. The predicted octanol–water partition coefficient (Wildman–Crippen LogP) is 2.37. The maximum Gasteiger partial charge on any atom is 0.123 e. The Morgan fingerprint density at radius 3 is 2.37 bits per heavy atom. The van der Waals surface area contributed by atoms with E-state index in [2.05, 4.69) is 19.2 Å². The van der Waals surface area contributed by atoms with Gasteiger partial charge in [-0.25, -0.2) is 0 Å². The Kier molecular flexibility index (Phi) is 6.12. The molecule has 0 saturated carbocycles. The maximum atomic E-state index is 9.19. The molecule has 0 bridgehead atoms. The molecule has 0 aliphatic rings. The Morgan fingerprint density at radius 2 is 1.84 bits per heavy atom. The second-order valence-electron chi connectivity index (χ2n) is 4.94. The lowest BCUT2D eigenvalue weighted by atomic mass is 10.0. The molecule has 1 aromatic carbocycles. The molecule has 0 fully saturated rings. The summed E-state index contributed by atoms with van der Waals surface area (Å²) in [4.78, 5) is 0. The van der Waals surface area contributed by atoms with Gasteiger partial charge < -0.3 is 19.9 Å². The van der Waals surface area contributed by atoms with Gasteiger partial charge in [0, 0.05) is 24.3 Å². The van der Waals surface area contributed by atoms with Gasteiger partial charge in [0.1, 0.15) is 11.5 Å². The molecular weight excluding hydrogens is 242 g/mol. The molecule has 1 aromatic rings. The number of methoxy groups -OCH3 is 2. The van der Waals surface area contributed by atoms with E-state index in [1.807, 2.05) is 25.1 Å². The minimum atomic E-state index is 0.119. The third-order valence-electron chi connectivity index (χ3n) is 3.56. The van der Waals surface area contributed by atoms with Crippen molar-refractivity contribution in [1.82, 2.24) is 5.32 Å². The smallest absolute Gasteiger partial charge is 0.123 e. The van der Waals surface area contributed by atoms with E-state index in [-0.39, 0.29) is 24.6 Å². The molecule has 0 spiro atoms. The lowest BCUT2D eigenvalue weighted by molar-refractivity contribution is 0.202. The predicted molar refractivity (Wildman–Crippen MR) is 76.8 cm³/mol. The summed E-state index contributed by atoms with van der Waals surface area (Å²) in [6, 6.07) is 6.11.